The molecule has 0 unspecified atom stereocenters. The van der Waals surface area contributed by atoms with Crippen LogP contribution >= 0.6 is 27.7 Å². The molecule has 26 heavy (non-hydrogen) atoms. The minimum absolute atomic E-state index is 0.237. The number of hydrogen-bond acceptors (Lipinski definition) is 6. The Morgan fingerprint density at radius 2 is 2.04 bits per heavy atom. The van der Waals surface area contributed by atoms with Crippen LogP contribution in [-0.4, -0.2) is 27.3 Å². The van der Waals surface area contributed by atoms with Crippen molar-refractivity contribution in [3.63, 3.8) is 0 Å². The number of benzene rings is 1. The number of ether oxygens (including phenoxy) is 1. The summed E-state index contributed by atoms with van der Waals surface area (Å²) < 4.78 is 39.0. The number of alkyl halides is 2. The Hall–Kier alpha value is -2.20. The van der Waals surface area contributed by atoms with E-state index < -0.39 is 12.2 Å². The molecular formula is C16H13BrF2N4O2S. The SMILES string of the molecule is CSc1nnc(C(F)F)n1/N=C\c1ccc(COc2ccc(Br)cc2)o1. The predicted molar refractivity (Wildman–Crippen MR) is 96.9 cm³/mol. The second-order valence-corrected chi connectivity index (χ2v) is 6.64. The van der Waals surface area contributed by atoms with Gasteiger partial charge in [-0.15, -0.1) is 10.2 Å². The first-order chi connectivity index (χ1) is 12.6. The fourth-order valence-corrected chi connectivity index (χ4v) is 2.69. The topological polar surface area (TPSA) is 65.4 Å². The number of nitrogens with zero attached hydrogens (tertiary/aromatic N) is 4. The van der Waals surface area contributed by atoms with Crippen LogP contribution in [0.15, 0.2) is 55.5 Å². The van der Waals surface area contributed by atoms with Crippen molar-refractivity contribution in [2.45, 2.75) is 18.2 Å². The van der Waals surface area contributed by atoms with Gasteiger partial charge in [0.25, 0.3) is 6.43 Å². The molecule has 0 N–H and O–H groups in total. The Labute approximate surface area is 160 Å². The minimum Gasteiger partial charge on any atom is -0.486 e. The Morgan fingerprint density at radius 1 is 1.27 bits per heavy atom. The fourth-order valence-electron chi connectivity index (χ4n) is 1.99. The largest absolute Gasteiger partial charge is 0.486 e. The highest BCUT2D eigenvalue weighted by Crippen LogP contribution is 2.22. The van der Waals surface area contributed by atoms with E-state index >= 15 is 0 Å². The molecule has 1 aromatic carbocycles. The molecule has 0 bridgehead atoms. The van der Waals surface area contributed by atoms with Gasteiger partial charge in [0, 0.05) is 4.47 Å². The lowest BCUT2D eigenvalue weighted by molar-refractivity contribution is 0.135. The molecule has 10 heteroatoms. The van der Waals surface area contributed by atoms with Gasteiger partial charge < -0.3 is 9.15 Å². The van der Waals surface area contributed by atoms with E-state index in [1.165, 1.54) is 18.0 Å². The van der Waals surface area contributed by atoms with E-state index in [-0.39, 0.29) is 11.8 Å². The second-order valence-electron chi connectivity index (χ2n) is 4.95. The Kier molecular flexibility index (Phi) is 6.04. The molecule has 6 nitrogen and oxygen atoms in total. The third-order valence-corrected chi connectivity index (χ3v) is 4.34. The highest BCUT2D eigenvalue weighted by molar-refractivity contribution is 9.10. The summed E-state index contributed by atoms with van der Waals surface area (Å²) >= 11 is 4.52. The van der Waals surface area contributed by atoms with Crippen LogP contribution in [0.1, 0.15) is 23.8 Å². The summed E-state index contributed by atoms with van der Waals surface area (Å²) in [5.74, 6) is 1.17. The molecule has 136 valence electrons. The first-order valence-electron chi connectivity index (χ1n) is 7.35. The molecule has 0 aliphatic carbocycles. The molecule has 0 amide bonds. The molecule has 0 saturated heterocycles. The van der Waals surface area contributed by atoms with Gasteiger partial charge in [-0.2, -0.15) is 9.78 Å². The van der Waals surface area contributed by atoms with Crippen molar-refractivity contribution in [1.29, 1.82) is 0 Å². The molecule has 0 aliphatic rings. The first-order valence-corrected chi connectivity index (χ1v) is 9.37. The zero-order valence-electron chi connectivity index (χ0n) is 13.5. The number of rotatable bonds is 7. The van der Waals surface area contributed by atoms with E-state index in [0.29, 0.717) is 17.3 Å². The summed E-state index contributed by atoms with van der Waals surface area (Å²) in [6, 6.07) is 10.8. The maximum Gasteiger partial charge on any atom is 0.299 e. The summed E-state index contributed by atoms with van der Waals surface area (Å²) in [4.78, 5) is 0. The van der Waals surface area contributed by atoms with Crippen LogP contribution in [0.25, 0.3) is 0 Å². The average molecular weight is 443 g/mol. The lowest BCUT2D eigenvalue weighted by atomic mass is 10.3. The molecule has 0 saturated carbocycles. The summed E-state index contributed by atoms with van der Waals surface area (Å²) in [5, 5.41) is 11.4. The molecule has 0 fully saturated rings. The average Bonchev–Trinajstić information content (AvgIpc) is 3.25. The third-order valence-electron chi connectivity index (χ3n) is 3.19. The zero-order valence-corrected chi connectivity index (χ0v) is 15.9. The van der Waals surface area contributed by atoms with Crippen LogP contribution in [-0.2, 0) is 6.61 Å². The predicted octanol–water partition coefficient (Wildman–Crippen LogP) is 4.75. The van der Waals surface area contributed by atoms with Gasteiger partial charge in [-0.3, -0.25) is 0 Å². The number of thioether (sulfide) groups is 1. The van der Waals surface area contributed by atoms with Gasteiger partial charge in [0.2, 0.25) is 11.0 Å². The van der Waals surface area contributed by atoms with E-state index in [4.69, 9.17) is 9.15 Å². The summed E-state index contributed by atoms with van der Waals surface area (Å²) in [6.45, 7) is 0.237. The fraction of sp³-hybridized carbons (Fsp3) is 0.188. The van der Waals surface area contributed by atoms with E-state index in [1.54, 1.807) is 18.4 Å². The van der Waals surface area contributed by atoms with Gasteiger partial charge in [-0.1, -0.05) is 27.7 Å². The lowest BCUT2D eigenvalue weighted by Crippen LogP contribution is -2.00. The van der Waals surface area contributed by atoms with Crippen molar-refractivity contribution in [3.8, 4) is 5.75 Å². The van der Waals surface area contributed by atoms with Crippen molar-refractivity contribution in [2.75, 3.05) is 6.26 Å². The van der Waals surface area contributed by atoms with E-state index in [1.807, 2.05) is 24.3 Å². The molecule has 2 heterocycles. The molecule has 0 atom stereocenters. The summed E-state index contributed by atoms with van der Waals surface area (Å²) in [6.07, 6.45) is 0.264. The second kappa shape index (κ2) is 8.45. The third kappa shape index (κ3) is 4.50. The van der Waals surface area contributed by atoms with Gasteiger partial charge in [0.05, 0.1) is 6.21 Å². The van der Waals surface area contributed by atoms with Gasteiger partial charge in [0.15, 0.2) is 0 Å². The van der Waals surface area contributed by atoms with Gasteiger partial charge in [-0.25, -0.2) is 8.78 Å². The van der Waals surface area contributed by atoms with Gasteiger partial charge in [-0.05, 0) is 42.7 Å². The van der Waals surface area contributed by atoms with Crippen molar-refractivity contribution in [2.24, 2.45) is 5.10 Å². The van der Waals surface area contributed by atoms with Crippen LogP contribution in [0.4, 0.5) is 8.78 Å². The zero-order chi connectivity index (χ0) is 18.5. The number of hydrogen-bond donors (Lipinski definition) is 0. The Morgan fingerprint density at radius 3 is 2.73 bits per heavy atom. The molecular weight excluding hydrogens is 430 g/mol. The van der Waals surface area contributed by atoms with Crippen molar-refractivity contribution in [3.05, 3.63) is 58.2 Å². The summed E-state index contributed by atoms with van der Waals surface area (Å²) in [5.41, 5.74) is 0. The minimum atomic E-state index is -2.77. The van der Waals surface area contributed by atoms with Crippen LogP contribution < -0.4 is 4.74 Å². The van der Waals surface area contributed by atoms with Gasteiger partial charge in [0.1, 0.15) is 23.9 Å². The molecule has 2 aromatic heterocycles. The van der Waals surface area contributed by atoms with Gasteiger partial charge >= 0.3 is 0 Å². The Bertz CT molecular complexity index is 896. The van der Waals surface area contributed by atoms with Crippen LogP contribution in [0, 0.1) is 0 Å². The maximum absolute atomic E-state index is 12.9. The highest BCUT2D eigenvalue weighted by Gasteiger charge is 2.19. The normalized spacial score (nSPS) is 11.6. The number of aromatic nitrogens is 3. The van der Waals surface area contributed by atoms with E-state index in [2.05, 4.69) is 31.2 Å². The van der Waals surface area contributed by atoms with Crippen molar-refractivity contribution in [1.82, 2.24) is 14.9 Å². The molecule has 0 radical (unpaired) electrons. The van der Waals surface area contributed by atoms with Crippen LogP contribution in [0.5, 0.6) is 5.75 Å². The number of halogens is 3. The molecule has 3 aromatic rings. The number of furan rings is 1. The molecule has 0 aliphatic heterocycles. The standard InChI is InChI=1S/C16H13BrF2N4O2S/c1-26-16-22-21-15(14(18)19)23(16)20-8-12-6-7-13(25-12)9-24-11-4-2-10(17)3-5-11/h2-8,14H,9H2,1H3/b20-8-. The molecule has 0 spiro atoms. The van der Waals surface area contributed by atoms with Crippen LogP contribution in [0.3, 0.4) is 0 Å². The lowest BCUT2D eigenvalue weighted by Gasteiger charge is -2.03. The van der Waals surface area contributed by atoms with Crippen LogP contribution in [0.2, 0.25) is 0 Å². The maximum atomic E-state index is 12.9. The highest BCUT2D eigenvalue weighted by atomic mass is 79.9. The van der Waals surface area contributed by atoms with E-state index in [9.17, 15) is 8.78 Å². The monoisotopic (exact) mass is 442 g/mol. The van der Waals surface area contributed by atoms with E-state index in [0.717, 1.165) is 9.15 Å². The first kappa shape index (κ1) is 18.6. The molecule has 3 rings (SSSR count). The Balaban J connectivity index is 1.67. The van der Waals surface area contributed by atoms with Crippen molar-refractivity contribution >= 4 is 33.9 Å². The quantitative estimate of drug-likeness (QED) is 0.390. The smallest absolute Gasteiger partial charge is 0.299 e. The van der Waals surface area contributed by atoms with Crippen molar-refractivity contribution < 1.29 is 17.9 Å². The summed E-state index contributed by atoms with van der Waals surface area (Å²) in [7, 11) is 0.